The molecular weight excluding hydrogens is 304 g/mol. The third-order valence-corrected chi connectivity index (χ3v) is 4.61. The Labute approximate surface area is 155 Å². The van der Waals surface area contributed by atoms with Crippen LogP contribution in [0.2, 0.25) is 0 Å². The zero-order chi connectivity index (χ0) is 18.7. The maximum absolute atomic E-state index is 4.21. The predicted octanol–water partition coefficient (Wildman–Crippen LogP) is 6.79. The molecule has 1 aromatic rings. The van der Waals surface area contributed by atoms with Gasteiger partial charge in [0.2, 0.25) is 0 Å². The number of benzene rings is 1. The zero-order valence-corrected chi connectivity index (χ0v) is 16.6. The van der Waals surface area contributed by atoms with Crippen molar-refractivity contribution in [3.05, 3.63) is 66.7 Å². The Bertz CT molecular complexity index is 564. The van der Waals surface area contributed by atoms with Gasteiger partial charge < -0.3 is 10.6 Å². The van der Waals surface area contributed by atoms with Gasteiger partial charge in [0.1, 0.15) is 0 Å². The zero-order valence-electron chi connectivity index (χ0n) is 16.6. The van der Waals surface area contributed by atoms with Crippen molar-refractivity contribution in [2.24, 2.45) is 5.41 Å². The summed E-state index contributed by atoms with van der Waals surface area (Å²) in [7, 11) is 0. The molecule has 0 aliphatic heterocycles. The highest BCUT2D eigenvalue weighted by atomic mass is 15.1. The highest BCUT2D eigenvalue weighted by molar-refractivity contribution is 5.49. The molecule has 0 saturated carbocycles. The van der Waals surface area contributed by atoms with Crippen molar-refractivity contribution in [3.63, 3.8) is 0 Å². The monoisotopic (exact) mass is 340 g/mol. The van der Waals surface area contributed by atoms with E-state index >= 15 is 0 Å². The molecular formula is C23H36N2. The van der Waals surface area contributed by atoms with E-state index in [-0.39, 0.29) is 5.41 Å². The molecule has 0 amide bonds. The summed E-state index contributed by atoms with van der Waals surface area (Å²) in [6.45, 7) is 17.0. The summed E-state index contributed by atoms with van der Waals surface area (Å²) in [6.07, 6.45) is 11.4. The molecule has 0 fully saturated rings. The molecule has 0 unspecified atom stereocenters. The molecule has 0 heterocycles. The van der Waals surface area contributed by atoms with Gasteiger partial charge in [-0.05, 0) is 50.3 Å². The fraction of sp³-hybridized carbons (Fsp3) is 0.478. The van der Waals surface area contributed by atoms with Crippen molar-refractivity contribution < 1.29 is 0 Å². The Balaban J connectivity index is 2.48. The molecule has 0 bridgehead atoms. The van der Waals surface area contributed by atoms with E-state index in [2.05, 4.69) is 87.9 Å². The number of aryl methyl sites for hydroxylation is 1. The van der Waals surface area contributed by atoms with Gasteiger partial charge in [0.15, 0.2) is 0 Å². The van der Waals surface area contributed by atoms with Crippen LogP contribution in [0.15, 0.2) is 61.1 Å². The van der Waals surface area contributed by atoms with Crippen molar-refractivity contribution in [2.75, 3.05) is 5.32 Å². The van der Waals surface area contributed by atoms with Crippen LogP contribution in [-0.2, 0) is 6.42 Å². The van der Waals surface area contributed by atoms with Crippen LogP contribution in [0.25, 0.3) is 0 Å². The fourth-order valence-electron chi connectivity index (χ4n) is 2.65. The summed E-state index contributed by atoms with van der Waals surface area (Å²) < 4.78 is 0. The van der Waals surface area contributed by atoms with Gasteiger partial charge in [0.25, 0.3) is 0 Å². The quantitative estimate of drug-likeness (QED) is 0.323. The minimum atomic E-state index is 0.0211. The maximum Gasteiger partial charge on any atom is 0.0999 e. The lowest BCUT2D eigenvalue weighted by Gasteiger charge is -2.28. The van der Waals surface area contributed by atoms with Gasteiger partial charge in [-0.2, -0.15) is 0 Å². The molecule has 138 valence electrons. The topological polar surface area (TPSA) is 24.1 Å². The van der Waals surface area contributed by atoms with Crippen LogP contribution in [0.4, 0.5) is 5.69 Å². The SMILES string of the molecule is C=C(NC(=C)C(C)(C)CC/C=C\C)Nc1ccc(CCCCC)cc1. The van der Waals surface area contributed by atoms with E-state index in [4.69, 9.17) is 0 Å². The number of hydrogen-bond acceptors (Lipinski definition) is 2. The van der Waals surface area contributed by atoms with Crippen molar-refractivity contribution in [1.29, 1.82) is 0 Å². The van der Waals surface area contributed by atoms with Gasteiger partial charge in [-0.3, -0.25) is 0 Å². The normalized spacial score (nSPS) is 11.5. The smallest absolute Gasteiger partial charge is 0.0999 e. The van der Waals surface area contributed by atoms with Gasteiger partial charge in [0.05, 0.1) is 5.82 Å². The van der Waals surface area contributed by atoms with Crippen LogP contribution in [0.3, 0.4) is 0 Å². The molecule has 25 heavy (non-hydrogen) atoms. The number of nitrogens with one attached hydrogen (secondary N) is 2. The highest BCUT2D eigenvalue weighted by Gasteiger charge is 2.21. The minimum Gasteiger partial charge on any atom is -0.346 e. The first-order valence-corrected chi connectivity index (χ1v) is 9.51. The summed E-state index contributed by atoms with van der Waals surface area (Å²) >= 11 is 0. The fourth-order valence-corrected chi connectivity index (χ4v) is 2.65. The first-order valence-electron chi connectivity index (χ1n) is 9.51. The van der Waals surface area contributed by atoms with E-state index < -0.39 is 0 Å². The predicted molar refractivity (Wildman–Crippen MR) is 113 cm³/mol. The van der Waals surface area contributed by atoms with Crippen LogP contribution < -0.4 is 10.6 Å². The Kier molecular flexibility index (Phi) is 9.12. The second-order valence-corrected chi connectivity index (χ2v) is 7.35. The lowest BCUT2D eigenvalue weighted by Crippen LogP contribution is -2.27. The number of unbranched alkanes of at least 4 members (excludes halogenated alkanes) is 2. The number of rotatable bonds is 12. The second-order valence-electron chi connectivity index (χ2n) is 7.35. The van der Waals surface area contributed by atoms with Gasteiger partial charge in [-0.25, -0.2) is 0 Å². The second kappa shape index (κ2) is 10.8. The Hall–Kier alpha value is -1.96. The first-order chi connectivity index (χ1) is 11.9. The summed E-state index contributed by atoms with van der Waals surface area (Å²) in [6, 6.07) is 8.63. The van der Waals surface area contributed by atoms with Crippen molar-refractivity contribution in [2.45, 2.75) is 66.2 Å². The Morgan fingerprint density at radius 1 is 1.12 bits per heavy atom. The van der Waals surface area contributed by atoms with Crippen LogP contribution in [0.1, 0.15) is 65.4 Å². The molecule has 0 atom stereocenters. The molecule has 0 aliphatic carbocycles. The Morgan fingerprint density at radius 3 is 2.40 bits per heavy atom. The van der Waals surface area contributed by atoms with Gasteiger partial charge in [-0.15, -0.1) is 0 Å². The summed E-state index contributed by atoms with van der Waals surface area (Å²) in [5.41, 5.74) is 3.46. The lowest BCUT2D eigenvalue weighted by atomic mass is 9.84. The molecule has 2 N–H and O–H groups in total. The summed E-state index contributed by atoms with van der Waals surface area (Å²) in [5.74, 6) is 0.767. The molecule has 1 aromatic carbocycles. The molecule has 1 rings (SSSR count). The van der Waals surface area contributed by atoms with E-state index in [1.165, 1.54) is 24.8 Å². The largest absolute Gasteiger partial charge is 0.346 e. The van der Waals surface area contributed by atoms with Crippen LogP contribution >= 0.6 is 0 Å². The molecule has 2 heteroatoms. The average Bonchev–Trinajstić information content (AvgIpc) is 2.56. The van der Waals surface area contributed by atoms with Gasteiger partial charge in [0, 0.05) is 16.8 Å². The minimum absolute atomic E-state index is 0.0211. The molecule has 0 aromatic heterocycles. The summed E-state index contributed by atoms with van der Waals surface area (Å²) in [5, 5.41) is 6.65. The number of anilines is 1. The number of allylic oxidation sites excluding steroid dienone is 3. The van der Waals surface area contributed by atoms with Crippen molar-refractivity contribution in [3.8, 4) is 0 Å². The van der Waals surface area contributed by atoms with E-state index in [0.717, 1.165) is 36.5 Å². The molecule has 0 spiro atoms. The van der Waals surface area contributed by atoms with E-state index in [1.807, 2.05) is 0 Å². The lowest BCUT2D eigenvalue weighted by molar-refractivity contribution is 0.393. The first kappa shape index (κ1) is 21.1. The molecule has 0 aliphatic rings. The molecule has 0 radical (unpaired) electrons. The third kappa shape index (κ3) is 8.11. The van der Waals surface area contributed by atoms with E-state index in [9.17, 15) is 0 Å². The molecule has 0 saturated heterocycles. The van der Waals surface area contributed by atoms with E-state index in [0.29, 0.717) is 0 Å². The van der Waals surface area contributed by atoms with Crippen LogP contribution in [0, 0.1) is 5.41 Å². The average molecular weight is 341 g/mol. The van der Waals surface area contributed by atoms with Crippen molar-refractivity contribution in [1.82, 2.24) is 5.32 Å². The summed E-state index contributed by atoms with van der Waals surface area (Å²) in [4.78, 5) is 0. The van der Waals surface area contributed by atoms with E-state index in [1.54, 1.807) is 0 Å². The Morgan fingerprint density at radius 2 is 1.80 bits per heavy atom. The highest BCUT2D eigenvalue weighted by Crippen LogP contribution is 2.29. The van der Waals surface area contributed by atoms with Crippen LogP contribution in [-0.4, -0.2) is 0 Å². The van der Waals surface area contributed by atoms with Gasteiger partial charge >= 0.3 is 0 Å². The van der Waals surface area contributed by atoms with Gasteiger partial charge in [-0.1, -0.05) is 71.1 Å². The maximum atomic E-state index is 4.21. The third-order valence-electron chi connectivity index (χ3n) is 4.61. The van der Waals surface area contributed by atoms with Crippen LogP contribution in [0.5, 0.6) is 0 Å². The van der Waals surface area contributed by atoms with Crippen molar-refractivity contribution >= 4 is 5.69 Å². The number of hydrogen-bond donors (Lipinski definition) is 2. The molecule has 2 nitrogen and oxygen atoms in total. The standard InChI is InChI=1S/C23H36N2/c1-7-9-11-13-21-14-16-22(17-15-21)25-20(4)24-19(3)23(5,6)18-12-10-8-2/h8,10,14-17,24-25H,3-4,7,9,11-13,18H2,1-2,5-6H3/b10-8-.